The van der Waals surface area contributed by atoms with Gasteiger partial charge in [0.1, 0.15) is 5.75 Å². The minimum atomic E-state index is -0.476. The molecule has 7 nitrogen and oxygen atoms in total. The Balaban J connectivity index is 2.00. The van der Waals surface area contributed by atoms with Gasteiger partial charge in [-0.2, -0.15) is 5.10 Å². The summed E-state index contributed by atoms with van der Waals surface area (Å²) < 4.78 is 5.64. The predicted molar refractivity (Wildman–Crippen MR) is 104 cm³/mol. The molecule has 0 heterocycles. The van der Waals surface area contributed by atoms with Gasteiger partial charge in [0.25, 0.3) is 11.6 Å². The number of carbonyl (C=O) groups excluding carboxylic acids is 1. The average molecular weight is 369 g/mol. The first kappa shape index (κ1) is 20.1. The summed E-state index contributed by atoms with van der Waals surface area (Å²) in [6.07, 6.45) is 0. The third-order valence-electron chi connectivity index (χ3n) is 3.88. The summed E-state index contributed by atoms with van der Waals surface area (Å²) >= 11 is 0. The van der Waals surface area contributed by atoms with Gasteiger partial charge < -0.3 is 4.74 Å². The monoisotopic (exact) mass is 369 g/mol. The van der Waals surface area contributed by atoms with Gasteiger partial charge in [0.2, 0.25) is 0 Å². The Morgan fingerprint density at radius 3 is 2.56 bits per heavy atom. The highest BCUT2D eigenvalue weighted by atomic mass is 16.6. The fraction of sp³-hybridized carbons (Fsp3) is 0.300. The summed E-state index contributed by atoms with van der Waals surface area (Å²) in [6.45, 7) is 7.69. The van der Waals surface area contributed by atoms with Crippen LogP contribution in [0.1, 0.15) is 38.8 Å². The molecule has 27 heavy (non-hydrogen) atoms. The molecule has 0 saturated heterocycles. The van der Waals surface area contributed by atoms with Crippen LogP contribution in [-0.4, -0.2) is 23.1 Å². The van der Waals surface area contributed by atoms with E-state index < -0.39 is 10.8 Å². The van der Waals surface area contributed by atoms with Gasteiger partial charge in [0.15, 0.2) is 6.61 Å². The number of nitrogens with one attached hydrogen (secondary N) is 1. The molecule has 0 aliphatic rings. The van der Waals surface area contributed by atoms with Crippen molar-refractivity contribution >= 4 is 17.3 Å². The normalized spacial score (nSPS) is 11.8. The summed E-state index contributed by atoms with van der Waals surface area (Å²) in [6, 6.07) is 13.6. The van der Waals surface area contributed by atoms with E-state index in [-0.39, 0.29) is 17.7 Å². The van der Waals surface area contributed by atoms with Gasteiger partial charge in [0, 0.05) is 17.7 Å². The van der Waals surface area contributed by atoms with E-state index in [1.165, 1.54) is 12.1 Å². The minimum Gasteiger partial charge on any atom is -0.483 e. The number of para-hydroxylation sites is 1. The number of ether oxygens (including phenoxy) is 1. The molecule has 0 unspecified atom stereocenters. The Morgan fingerprint density at radius 1 is 1.19 bits per heavy atom. The van der Waals surface area contributed by atoms with Crippen molar-refractivity contribution in [2.45, 2.75) is 33.1 Å². The number of hydrogen-bond donors (Lipinski definition) is 1. The fourth-order valence-electron chi connectivity index (χ4n) is 2.44. The lowest BCUT2D eigenvalue weighted by Gasteiger charge is -2.22. The van der Waals surface area contributed by atoms with Crippen molar-refractivity contribution in [1.82, 2.24) is 5.43 Å². The third-order valence-corrected chi connectivity index (χ3v) is 3.88. The molecule has 7 heteroatoms. The van der Waals surface area contributed by atoms with Gasteiger partial charge in [-0.15, -0.1) is 0 Å². The quantitative estimate of drug-likeness (QED) is 0.476. The maximum Gasteiger partial charge on any atom is 0.277 e. The van der Waals surface area contributed by atoms with Gasteiger partial charge in [-0.05, 0) is 24.0 Å². The zero-order valence-electron chi connectivity index (χ0n) is 15.9. The van der Waals surface area contributed by atoms with Crippen LogP contribution in [0.4, 0.5) is 5.69 Å². The summed E-state index contributed by atoms with van der Waals surface area (Å²) in [5, 5.41) is 14.8. The second-order valence-electron chi connectivity index (χ2n) is 7.07. The van der Waals surface area contributed by atoms with Gasteiger partial charge in [0.05, 0.1) is 10.6 Å². The number of amides is 1. The van der Waals surface area contributed by atoms with Crippen molar-refractivity contribution in [2.75, 3.05) is 6.61 Å². The molecule has 0 bridgehead atoms. The number of nitro groups is 1. The average Bonchev–Trinajstić information content (AvgIpc) is 2.64. The van der Waals surface area contributed by atoms with Crippen LogP contribution >= 0.6 is 0 Å². The largest absolute Gasteiger partial charge is 0.483 e. The van der Waals surface area contributed by atoms with Crippen LogP contribution < -0.4 is 10.2 Å². The molecule has 0 aromatic heterocycles. The summed E-state index contributed by atoms with van der Waals surface area (Å²) in [4.78, 5) is 22.4. The molecule has 1 N–H and O–H groups in total. The molecule has 2 aromatic carbocycles. The van der Waals surface area contributed by atoms with E-state index in [0.29, 0.717) is 17.0 Å². The number of nitrogens with zero attached hydrogens (tertiary/aromatic N) is 2. The number of benzene rings is 2. The van der Waals surface area contributed by atoms with E-state index >= 15 is 0 Å². The highest BCUT2D eigenvalue weighted by molar-refractivity contribution is 5.99. The van der Waals surface area contributed by atoms with Crippen molar-refractivity contribution in [3.8, 4) is 5.75 Å². The molecule has 0 fully saturated rings. The topological polar surface area (TPSA) is 93.8 Å². The van der Waals surface area contributed by atoms with E-state index in [9.17, 15) is 14.9 Å². The van der Waals surface area contributed by atoms with Crippen LogP contribution in [0.5, 0.6) is 5.75 Å². The standard InChI is InChI=1S/C20H23N3O4/c1-14(15-8-7-9-16(12-15)23(25)26)21-22-19(24)13-27-18-11-6-5-10-17(18)20(2,3)4/h5-12H,13H2,1-4H3,(H,22,24)/b21-14+. The van der Waals surface area contributed by atoms with Gasteiger partial charge in [-0.3, -0.25) is 14.9 Å². The lowest BCUT2D eigenvalue weighted by atomic mass is 9.86. The maximum absolute atomic E-state index is 12.0. The van der Waals surface area contributed by atoms with Gasteiger partial charge in [-0.25, -0.2) is 5.43 Å². The van der Waals surface area contributed by atoms with Crippen LogP contribution in [0, 0.1) is 10.1 Å². The molecule has 0 spiro atoms. The summed E-state index contributed by atoms with van der Waals surface area (Å²) in [5.41, 5.74) is 4.30. The number of hydrogen-bond acceptors (Lipinski definition) is 5. The van der Waals surface area contributed by atoms with E-state index in [4.69, 9.17) is 4.74 Å². The number of non-ortho nitro benzene ring substituents is 1. The van der Waals surface area contributed by atoms with Gasteiger partial charge in [-0.1, -0.05) is 51.1 Å². The van der Waals surface area contributed by atoms with Gasteiger partial charge >= 0.3 is 0 Å². The lowest BCUT2D eigenvalue weighted by Crippen LogP contribution is -2.26. The number of nitro benzene ring substituents is 1. The van der Waals surface area contributed by atoms with Crippen LogP contribution in [0.3, 0.4) is 0 Å². The smallest absolute Gasteiger partial charge is 0.277 e. The number of hydrazone groups is 1. The molecule has 1 amide bonds. The summed E-state index contributed by atoms with van der Waals surface area (Å²) in [5.74, 6) is 0.239. The molecule has 0 aliphatic carbocycles. The highest BCUT2D eigenvalue weighted by Gasteiger charge is 2.18. The maximum atomic E-state index is 12.0. The van der Waals surface area contributed by atoms with Crippen molar-refractivity contribution in [1.29, 1.82) is 0 Å². The molecule has 142 valence electrons. The van der Waals surface area contributed by atoms with Crippen LogP contribution in [0.25, 0.3) is 0 Å². The molecule has 0 radical (unpaired) electrons. The lowest BCUT2D eigenvalue weighted by molar-refractivity contribution is -0.384. The Labute approximate surface area is 158 Å². The Hall–Kier alpha value is -3.22. The molecule has 2 rings (SSSR count). The minimum absolute atomic E-state index is 0.0319. The first-order valence-electron chi connectivity index (χ1n) is 8.49. The first-order valence-corrected chi connectivity index (χ1v) is 8.49. The van der Waals surface area contributed by atoms with E-state index in [1.807, 2.05) is 24.3 Å². The SMILES string of the molecule is C/C(=N\NC(=O)COc1ccccc1C(C)(C)C)c1cccc([N+](=O)[O-])c1. The van der Waals surface area contributed by atoms with E-state index in [0.717, 1.165) is 5.56 Å². The van der Waals surface area contributed by atoms with Crippen molar-refractivity contribution in [3.05, 3.63) is 69.8 Å². The number of rotatable bonds is 6. The number of carbonyl (C=O) groups is 1. The van der Waals surface area contributed by atoms with Crippen molar-refractivity contribution in [2.24, 2.45) is 5.10 Å². The zero-order chi connectivity index (χ0) is 20.0. The third kappa shape index (κ3) is 5.64. The van der Waals surface area contributed by atoms with Crippen LogP contribution in [0.2, 0.25) is 0 Å². The molecule has 2 aromatic rings. The van der Waals surface area contributed by atoms with Crippen molar-refractivity contribution < 1.29 is 14.5 Å². The second-order valence-corrected chi connectivity index (χ2v) is 7.07. The Bertz CT molecular complexity index is 870. The van der Waals surface area contributed by atoms with Crippen LogP contribution in [0.15, 0.2) is 53.6 Å². The molecule has 0 aliphatic heterocycles. The molecule has 0 saturated carbocycles. The predicted octanol–water partition coefficient (Wildman–Crippen LogP) is 3.81. The van der Waals surface area contributed by atoms with Crippen LogP contribution in [-0.2, 0) is 10.2 Å². The van der Waals surface area contributed by atoms with E-state index in [2.05, 4.69) is 31.3 Å². The fourth-order valence-corrected chi connectivity index (χ4v) is 2.44. The molecular formula is C20H23N3O4. The Kier molecular flexibility index (Phi) is 6.28. The molecule has 0 atom stereocenters. The van der Waals surface area contributed by atoms with E-state index in [1.54, 1.807) is 19.1 Å². The summed E-state index contributed by atoms with van der Waals surface area (Å²) in [7, 11) is 0. The second kappa shape index (κ2) is 8.44. The molecular weight excluding hydrogens is 346 g/mol. The zero-order valence-corrected chi connectivity index (χ0v) is 15.9. The Morgan fingerprint density at radius 2 is 1.89 bits per heavy atom. The van der Waals surface area contributed by atoms with Crippen molar-refractivity contribution in [3.63, 3.8) is 0 Å². The highest BCUT2D eigenvalue weighted by Crippen LogP contribution is 2.30. The first-order chi connectivity index (χ1) is 12.7.